The van der Waals surface area contributed by atoms with Crippen molar-refractivity contribution < 1.29 is 28.2 Å². The highest BCUT2D eigenvalue weighted by Gasteiger charge is 2.37. The number of hydrogen-bond donors (Lipinski definition) is 1. The molecule has 7 nitrogen and oxygen atoms in total. The summed E-state index contributed by atoms with van der Waals surface area (Å²) >= 11 is 14.3. The predicted molar refractivity (Wildman–Crippen MR) is 147 cm³/mol. The molecule has 0 radical (unpaired) electrons. The van der Waals surface area contributed by atoms with E-state index in [1.54, 1.807) is 37.3 Å². The van der Waals surface area contributed by atoms with E-state index < -0.39 is 23.7 Å². The van der Waals surface area contributed by atoms with E-state index in [1.165, 1.54) is 24.3 Å². The quantitative estimate of drug-likeness (QED) is 0.182. The maximum Gasteiger partial charge on any atom is 0.335 e. The van der Waals surface area contributed by atoms with E-state index in [9.17, 15) is 18.8 Å². The number of amides is 4. The number of benzene rings is 3. The van der Waals surface area contributed by atoms with Crippen LogP contribution in [-0.4, -0.2) is 24.5 Å². The Morgan fingerprint density at radius 1 is 1.05 bits per heavy atom. The molecule has 0 unspecified atom stereocenters. The Morgan fingerprint density at radius 2 is 1.84 bits per heavy atom. The third-order valence-electron chi connectivity index (χ3n) is 5.20. The van der Waals surface area contributed by atoms with Crippen molar-refractivity contribution >= 4 is 75.4 Å². The van der Waals surface area contributed by atoms with Gasteiger partial charge >= 0.3 is 6.03 Å². The molecular weight excluding hydrogens is 637 g/mol. The molecule has 0 spiro atoms. The zero-order chi connectivity index (χ0) is 26.7. The van der Waals surface area contributed by atoms with Gasteiger partial charge in [0.25, 0.3) is 11.8 Å². The molecule has 3 aromatic rings. The molecular formula is C26H18Cl2FIN2O5. The molecule has 0 aromatic heterocycles. The summed E-state index contributed by atoms with van der Waals surface area (Å²) in [5.41, 5.74) is 0.873. The van der Waals surface area contributed by atoms with Crippen LogP contribution in [0.4, 0.5) is 14.9 Å². The number of ether oxygens (including phenoxy) is 2. The number of carbonyl (C=O) groups excluding carboxylic acids is 3. The topological polar surface area (TPSA) is 84.9 Å². The fourth-order valence-corrected chi connectivity index (χ4v) is 4.78. The summed E-state index contributed by atoms with van der Waals surface area (Å²) in [5, 5.41) is 3.09. The number of carbonyl (C=O) groups is 3. The number of nitrogens with one attached hydrogen (secondary N) is 1. The van der Waals surface area contributed by atoms with Gasteiger partial charge in [0.2, 0.25) is 0 Å². The van der Waals surface area contributed by atoms with Crippen molar-refractivity contribution in [2.24, 2.45) is 0 Å². The van der Waals surface area contributed by atoms with Crippen LogP contribution >= 0.6 is 45.8 Å². The molecule has 37 heavy (non-hydrogen) atoms. The molecule has 1 fully saturated rings. The Bertz CT molecular complexity index is 1450. The van der Waals surface area contributed by atoms with Crippen LogP contribution in [0.1, 0.15) is 18.1 Å². The molecule has 0 atom stereocenters. The summed E-state index contributed by atoms with van der Waals surface area (Å²) in [6, 6.07) is 12.4. The minimum Gasteiger partial charge on any atom is -0.490 e. The summed E-state index contributed by atoms with van der Waals surface area (Å²) in [7, 11) is 0. The lowest BCUT2D eigenvalue weighted by atomic mass is 10.1. The van der Waals surface area contributed by atoms with Crippen molar-refractivity contribution in [1.82, 2.24) is 5.32 Å². The van der Waals surface area contributed by atoms with E-state index in [0.29, 0.717) is 42.2 Å². The summed E-state index contributed by atoms with van der Waals surface area (Å²) in [5.74, 6) is -1.55. The van der Waals surface area contributed by atoms with Crippen LogP contribution in [0.5, 0.6) is 11.5 Å². The summed E-state index contributed by atoms with van der Waals surface area (Å²) in [6.07, 6.45) is 1.33. The lowest BCUT2D eigenvalue weighted by Crippen LogP contribution is -2.54. The zero-order valence-corrected chi connectivity index (χ0v) is 22.9. The molecule has 11 heteroatoms. The first-order valence-electron chi connectivity index (χ1n) is 10.9. The molecule has 190 valence electrons. The van der Waals surface area contributed by atoms with E-state index in [0.717, 1.165) is 11.6 Å². The standard InChI is InChI=1S/C26H18Cl2FIN2O5/c1-2-36-22-10-14(9-21(30)23(22)37-13-15-6-7-16(27)11-20(15)28)8-19-24(33)31-26(35)32(25(19)34)18-5-3-4-17(29)12-18/h3-12H,2,13H2,1H3,(H,31,33,35)/b19-8+. The maximum atomic E-state index is 13.7. The molecule has 4 rings (SSSR count). The maximum absolute atomic E-state index is 13.7. The Kier molecular flexibility index (Phi) is 8.35. The molecule has 0 aliphatic carbocycles. The second-order valence-corrected chi connectivity index (χ2v) is 9.73. The van der Waals surface area contributed by atoms with Crippen molar-refractivity contribution in [3.63, 3.8) is 0 Å². The van der Waals surface area contributed by atoms with E-state index in [4.69, 9.17) is 32.7 Å². The third kappa shape index (κ3) is 6.06. The number of barbiturate groups is 1. The van der Waals surface area contributed by atoms with E-state index in [2.05, 4.69) is 27.9 Å². The van der Waals surface area contributed by atoms with Crippen LogP contribution in [0.2, 0.25) is 10.0 Å². The Labute approximate surface area is 235 Å². The van der Waals surface area contributed by atoms with Crippen molar-refractivity contribution in [3.05, 3.63) is 90.7 Å². The van der Waals surface area contributed by atoms with Crippen molar-refractivity contribution in [2.45, 2.75) is 13.5 Å². The van der Waals surface area contributed by atoms with Gasteiger partial charge in [-0.25, -0.2) is 14.1 Å². The van der Waals surface area contributed by atoms with Gasteiger partial charge < -0.3 is 9.47 Å². The zero-order valence-electron chi connectivity index (χ0n) is 19.2. The summed E-state index contributed by atoms with van der Waals surface area (Å²) in [6.45, 7) is 2.28. The van der Waals surface area contributed by atoms with Crippen molar-refractivity contribution in [3.8, 4) is 11.5 Å². The lowest BCUT2D eigenvalue weighted by Gasteiger charge is -2.26. The van der Waals surface area contributed by atoms with Gasteiger partial charge in [0, 0.05) is 15.6 Å². The molecule has 0 bridgehead atoms. The smallest absolute Gasteiger partial charge is 0.335 e. The van der Waals surface area contributed by atoms with E-state index in [-0.39, 0.29) is 17.9 Å². The molecule has 1 aliphatic heterocycles. The lowest BCUT2D eigenvalue weighted by molar-refractivity contribution is -0.122. The molecule has 1 heterocycles. The molecule has 0 saturated carbocycles. The normalized spacial score (nSPS) is 14.7. The number of rotatable bonds is 7. The molecule has 1 N–H and O–H groups in total. The first kappa shape index (κ1) is 26.9. The highest BCUT2D eigenvalue weighted by Crippen LogP contribution is 2.36. The van der Waals surface area contributed by atoms with Gasteiger partial charge in [-0.1, -0.05) is 35.3 Å². The first-order valence-corrected chi connectivity index (χ1v) is 12.7. The Balaban J connectivity index is 1.66. The number of urea groups is 1. The van der Waals surface area contributed by atoms with Crippen molar-refractivity contribution in [2.75, 3.05) is 11.5 Å². The van der Waals surface area contributed by atoms with Gasteiger partial charge in [-0.2, -0.15) is 0 Å². The number of halogens is 4. The Morgan fingerprint density at radius 3 is 2.54 bits per heavy atom. The van der Waals surface area contributed by atoms with Crippen LogP contribution in [0.25, 0.3) is 6.08 Å². The van der Waals surface area contributed by atoms with E-state index in [1.807, 2.05) is 0 Å². The van der Waals surface area contributed by atoms with Crippen LogP contribution < -0.4 is 19.7 Å². The van der Waals surface area contributed by atoms with Gasteiger partial charge in [0.05, 0.1) is 15.9 Å². The van der Waals surface area contributed by atoms with Crippen LogP contribution in [0.15, 0.2) is 60.2 Å². The fourth-order valence-electron chi connectivity index (χ4n) is 3.54. The number of imide groups is 2. The Hall–Kier alpha value is -3.15. The largest absolute Gasteiger partial charge is 0.490 e. The van der Waals surface area contributed by atoms with Gasteiger partial charge in [-0.15, -0.1) is 0 Å². The first-order chi connectivity index (χ1) is 17.7. The summed E-state index contributed by atoms with van der Waals surface area (Å²) in [4.78, 5) is 38.7. The number of anilines is 1. The van der Waals surface area contributed by atoms with Gasteiger partial charge in [0.15, 0.2) is 11.5 Å². The van der Waals surface area contributed by atoms with Crippen LogP contribution in [0, 0.1) is 9.39 Å². The molecule has 4 amide bonds. The van der Waals surface area contributed by atoms with Crippen LogP contribution in [-0.2, 0) is 16.2 Å². The average molecular weight is 655 g/mol. The highest BCUT2D eigenvalue weighted by molar-refractivity contribution is 14.1. The van der Waals surface area contributed by atoms with Crippen LogP contribution in [0.3, 0.4) is 0 Å². The molecule has 1 aliphatic rings. The highest BCUT2D eigenvalue weighted by atomic mass is 127. The minimum atomic E-state index is -0.966. The minimum absolute atomic E-state index is 0.00454. The molecule has 1 saturated heterocycles. The van der Waals surface area contributed by atoms with Gasteiger partial charge in [0.1, 0.15) is 18.0 Å². The number of nitrogens with zero attached hydrogens (tertiary/aromatic N) is 1. The molecule has 3 aromatic carbocycles. The van der Waals surface area contributed by atoms with Gasteiger partial charge in [-0.05, 0) is 83.6 Å². The summed E-state index contributed by atoms with van der Waals surface area (Å²) < 4.78 is 26.1. The SMILES string of the molecule is CCOc1cc(/C=C2\C(=O)NC(=O)N(c3cccc(F)c3)C2=O)cc(I)c1OCc1ccc(Cl)cc1Cl. The third-order valence-corrected chi connectivity index (χ3v) is 6.59. The monoisotopic (exact) mass is 654 g/mol. The second-order valence-electron chi connectivity index (χ2n) is 7.73. The fraction of sp³-hybridized carbons (Fsp3) is 0.115. The second kappa shape index (κ2) is 11.5. The van der Waals surface area contributed by atoms with E-state index >= 15 is 0 Å². The predicted octanol–water partition coefficient (Wildman–Crippen LogP) is 6.38. The van der Waals surface area contributed by atoms with Gasteiger partial charge in [-0.3, -0.25) is 14.9 Å². The average Bonchev–Trinajstić information content (AvgIpc) is 2.82. The number of hydrogen-bond acceptors (Lipinski definition) is 5. The van der Waals surface area contributed by atoms with Crippen molar-refractivity contribution in [1.29, 1.82) is 0 Å².